The van der Waals surface area contributed by atoms with E-state index in [0.717, 1.165) is 22.0 Å². The highest BCUT2D eigenvalue weighted by Gasteiger charge is 2.24. The maximum atomic E-state index is 12.7. The van der Waals surface area contributed by atoms with Gasteiger partial charge in [-0.05, 0) is 42.3 Å². The number of benzene rings is 3. The third-order valence-electron chi connectivity index (χ3n) is 4.97. The summed E-state index contributed by atoms with van der Waals surface area (Å²) >= 11 is 0. The van der Waals surface area contributed by atoms with E-state index in [2.05, 4.69) is 5.32 Å². The normalized spacial score (nSPS) is 11.5. The molecule has 6 heteroatoms. The van der Waals surface area contributed by atoms with E-state index in [-0.39, 0.29) is 24.8 Å². The molecule has 0 unspecified atom stereocenters. The molecule has 0 aliphatic carbocycles. The van der Waals surface area contributed by atoms with E-state index in [4.69, 9.17) is 4.74 Å². The number of para-hydroxylation sites is 1. The molecular weight excluding hydrogens is 392 g/mol. The predicted octanol–water partition coefficient (Wildman–Crippen LogP) is 3.48. The lowest BCUT2D eigenvalue weighted by Gasteiger charge is -2.24. The standard InChI is InChI=1S/C25H26N2O4/c1-3-27(21-13-5-4-6-14-21)25(30)18(2)31-24(29)17-26-23(28)16-20-12-9-11-19-10-7-8-15-22(19)20/h4-15,18H,3,16-17H2,1-2H3,(H,26,28)/t18-/m1/s1. The number of esters is 1. The van der Waals surface area contributed by atoms with Gasteiger partial charge in [0.05, 0.1) is 6.42 Å². The molecule has 0 radical (unpaired) electrons. The maximum Gasteiger partial charge on any atom is 0.326 e. The van der Waals surface area contributed by atoms with Crippen LogP contribution < -0.4 is 10.2 Å². The van der Waals surface area contributed by atoms with Gasteiger partial charge in [0.1, 0.15) is 6.54 Å². The van der Waals surface area contributed by atoms with Crippen molar-refractivity contribution in [1.82, 2.24) is 5.32 Å². The zero-order chi connectivity index (χ0) is 22.2. The molecule has 2 amide bonds. The number of carbonyl (C=O) groups is 3. The van der Waals surface area contributed by atoms with Gasteiger partial charge in [-0.1, -0.05) is 60.7 Å². The first-order valence-electron chi connectivity index (χ1n) is 10.3. The monoisotopic (exact) mass is 418 g/mol. The summed E-state index contributed by atoms with van der Waals surface area (Å²) in [5.74, 6) is -1.26. The summed E-state index contributed by atoms with van der Waals surface area (Å²) in [5.41, 5.74) is 1.62. The van der Waals surface area contributed by atoms with Gasteiger partial charge in [-0.3, -0.25) is 14.4 Å². The Balaban J connectivity index is 1.52. The lowest BCUT2D eigenvalue weighted by molar-refractivity contribution is -0.153. The Hall–Kier alpha value is -3.67. The van der Waals surface area contributed by atoms with Crippen molar-refractivity contribution in [2.45, 2.75) is 26.4 Å². The number of rotatable bonds is 8. The summed E-state index contributed by atoms with van der Waals surface area (Å²) in [5, 5.41) is 4.63. The number of hydrogen-bond donors (Lipinski definition) is 1. The number of likely N-dealkylation sites (N-methyl/N-ethyl adjacent to an activating group) is 1. The third-order valence-corrected chi connectivity index (χ3v) is 4.97. The molecule has 160 valence electrons. The first kappa shape index (κ1) is 22.0. The Kier molecular flexibility index (Phi) is 7.38. The van der Waals surface area contributed by atoms with Crippen molar-refractivity contribution in [2.24, 2.45) is 0 Å². The highest BCUT2D eigenvalue weighted by molar-refractivity contribution is 5.97. The summed E-state index contributed by atoms with van der Waals surface area (Å²) in [4.78, 5) is 38.7. The molecule has 0 aromatic heterocycles. The van der Waals surface area contributed by atoms with Crippen molar-refractivity contribution in [3.05, 3.63) is 78.4 Å². The van der Waals surface area contributed by atoms with Crippen molar-refractivity contribution >= 4 is 34.2 Å². The van der Waals surface area contributed by atoms with Crippen LogP contribution in [0.5, 0.6) is 0 Å². The lowest BCUT2D eigenvalue weighted by atomic mass is 10.0. The number of nitrogens with one attached hydrogen (secondary N) is 1. The second-order valence-electron chi connectivity index (χ2n) is 7.14. The molecule has 3 aromatic rings. The highest BCUT2D eigenvalue weighted by atomic mass is 16.5. The second-order valence-corrected chi connectivity index (χ2v) is 7.14. The molecule has 0 fully saturated rings. The van der Waals surface area contributed by atoms with Gasteiger partial charge in [0, 0.05) is 12.2 Å². The highest BCUT2D eigenvalue weighted by Crippen LogP contribution is 2.19. The van der Waals surface area contributed by atoms with Gasteiger partial charge >= 0.3 is 5.97 Å². The largest absolute Gasteiger partial charge is 0.451 e. The van der Waals surface area contributed by atoms with E-state index in [1.54, 1.807) is 4.90 Å². The Morgan fingerprint density at radius 2 is 1.61 bits per heavy atom. The van der Waals surface area contributed by atoms with Crippen molar-refractivity contribution in [3.63, 3.8) is 0 Å². The van der Waals surface area contributed by atoms with Gasteiger partial charge in [0.15, 0.2) is 6.10 Å². The first-order chi connectivity index (χ1) is 15.0. The average Bonchev–Trinajstić information content (AvgIpc) is 2.79. The van der Waals surface area contributed by atoms with Gasteiger partial charge in [0.2, 0.25) is 5.91 Å². The Morgan fingerprint density at radius 1 is 0.935 bits per heavy atom. The molecule has 1 N–H and O–H groups in total. The smallest absolute Gasteiger partial charge is 0.326 e. The first-order valence-corrected chi connectivity index (χ1v) is 10.3. The number of carbonyl (C=O) groups excluding carboxylic acids is 3. The van der Waals surface area contributed by atoms with Gasteiger partial charge in [-0.25, -0.2) is 0 Å². The SMILES string of the molecule is CCN(C(=O)[C@@H](C)OC(=O)CNC(=O)Cc1cccc2ccccc12)c1ccccc1. The zero-order valence-corrected chi connectivity index (χ0v) is 17.7. The molecule has 0 heterocycles. The van der Waals surface area contributed by atoms with Crippen molar-refractivity contribution in [3.8, 4) is 0 Å². The molecule has 31 heavy (non-hydrogen) atoms. The lowest BCUT2D eigenvalue weighted by Crippen LogP contribution is -2.41. The summed E-state index contributed by atoms with van der Waals surface area (Å²) in [7, 11) is 0. The molecule has 0 saturated carbocycles. The van der Waals surface area contributed by atoms with Crippen LogP contribution >= 0.6 is 0 Å². The van der Waals surface area contributed by atoms with Crippen LogP contribution in [0.1, 0.15) is 19.4 Å². The fourth-order valence-electron chi connectivity index (χ4n) is 3.44. The summed E-state index contributed by atoms with van der Waals surface area (Å²) < 4.78 is 5.24. The average molecular weight is 418 g/mol. The quantitative estimate of drug-likeness (QED) is 0.568. The van der Waals surface area contributed by atoms with Crippen LogP contribution in [0.4, 0.5) is 5.69 Å². The van der Waals surface area contributed by atoms with Gasteiger partial charge < -0.3 is 15.0 Å². The van der Waals surface area contributed by atoms with E-state index in [9.17, 15) is 14.4 Å². The van der Waals surface area contributed by atoms with Crippen molar-refractivity contribution < 1.29 is 19.1 Å². The molecule has 3 aromatic carbocycles. The topological polar surface area (TPSA) is 75.7 Å². The molecule has 0 bridgehead atoms. The molecule has 0 aliphatic heterocycles. The summed E-state index contributed by atoms with van der Waals surface area (Å²) in [6.45, 7) is 3.54. The van der Waals surface area contributed by atoms with E-state index in [1.165, 1.54) is 6.92 Å². The van der Waals surface area contributed by atoms with Crippen LogP contribution in [0.3, 0.4) is 0 Å². The number of ether oxygens (including phenoxy) is 1. The number of anilines is 1. The summed E-state index contributed by atoms with van der Waals surface area (Å²) in [6.07, 6.45) is -0.802. The van der Waals surface area contributed by atoms with Crippen molar-refractivity contribution in [2.75, 3.05) is 18.0 Å². The second kappa shape index (κ2) is 10.4. The molecular formula is C25H26N2O4. The van der Waals surface area contributed by atoms with E-state index < -0.39 is 12.1 Å². The Bertz CT molecular complexity index is 1060. The summed E-state index contributed by atoms with van der Waals surface area (Å²) in [6, 6.07) is 22.8. The molecule has 3 rings (SSSR count). The van der Waals surface area contributed by atoms with Crippen LogP contribution in [-0.2, 0) is 25.5 Å². The van der Waals surface area contributed by atoms with Crippen LogP contribution in [0, 0.1) is 0 Å². The van der Waals surface area contributed by atoms with Crippen LogP contribution in [-0.4, -0.2) is 37.0 Å². The van der Waals surface area contributed by atoms with E-state index in [1.807, 2.05) is 79.7 Å². The number of amides is 2. The Morgan fingerprint density at radius 3 is 2.35 bits per heavy atom. The van der Waals surface area contributed by atoms with E-state index in [0.29, 0.717) is 6.54 Å². The number of fused-ring (bicyclic) bond motifs is 1. The molecule has 0 saturated heterocycles. The molecule has 0 aliphatic rings. The van der Waals surface area contributed by atoms with Crippen LogP contribution in [0.25, 0.3) is 10.8 Å². The number of nitrogens with zero attached hydrogens (tertiary/aromatic N) is 1. The molecule has 1 atom stereocenters. The molecule has 0 spiro atoms. The Labute approximate surface area is 181 Å². The number of hydrogen-bond acceptors (Lipinski definition) is 4. The van der Waals surface area contributed by atoms with Gasteiger partial charge in [0.25, 0.3) is 5.91 Å². The van der Waals surface area contributed by atoms with Gasteiger partial charge in [-0.15, -0.1) is 0 Å². The maximum absolute atomic E-state index is 12.7. The minimum absolute atomic E-state index is 0.154. The fourth-order valence-corrected chi connectivity index (χ4v) is 3.44. The van der Waals surface area contributed by atoms with Gasteiger partial charge in [-0.2, -0.15) is 0 Å². The predicted molar refractivity (Wildman–Crippen MR) is 121 cm³/mol. The minimum Gasteiger partial charge on any atom is -0.451 e. The van der Waals surface area contributed by atoms with E-state index >= 15 is 0 Å². The molecule has 6 nitrogen and oxygen atoms in total. The minimum atomic E-state index is -0.956. The fraction of sp³-hybridized carbons (Fsp3) is 0.240. The van der Waals surface area contributed by atoms with Crippen LogP contribution in [0.15, 0.2) is 72.8 Å². The zero-order valence-electron chi connectivity index (χ0n) is 17.7. The van der Waals surface area contributed by atoms with Crippen LogP contribution in [0.2, 0.25) is 0 Å². The third kappa shape index (κ3) is 5.69. The van der Waals surface area contributed by atoms with Crippen molar-refractivity contribution in [1.29, 1.82) is 0 Å².